The maximum absolute atomic E-state index is 4.20. The molecule has 0 aromatic carbocycles. The fourth-order valence-corrected chi connectivity index (χ4v) is 1.46. The first kappa shape index (κ1) is 9.33. The zero-order chi connectivity index (χ0) is 9.80. The highest BCUT2D eigenvalue weighted by Crippen LogP contribution is 2.03. The Kier molecular flexibility index (Phi) is 2.88. The van der Waals surface area contributed by atoms with E-state index in [0.29, 0.717) is 6.54 Å². The summed E-state index contributed by atoms with van der Waals surface area (Å²) in [4.78, 5) is 4.20. The second kappa shape index (κ2) is 4.32. The molecule has 0 aliphatic rings. The van der Waals surface area contributed by atoms with Gasteiger partial charge in [0.1, 0.15) is 0 Å². The summed E-state index contributed by atoms with van der Waals surface area (Å²) in [7, 11) is 0. The molecule has 0 N–H and O–H groups in total. The highest BCUT2D eigenvalue weighted by atomic mass is 79.9. The van der Waals surface area contributed by atoms with E-state index in [1.54, 1.807) is 12.5 Å². The molecule has 2 aromatic rings. The summed E-state index contributed by atoms with van der Waals surface area (Å²) in [5.41, 5.74) is 1.96. The first-order chi connectivity index (χ1) is 6.88. The van der Waals surface area contributed by atoms with Crippen LogP contribution in [0, 0.1) is 0 Å². The van der Waals surface area contributed by atoms with Crippen LogP contribution in [0.15, 0.2) is 30.9 Å². The lowest BCUT2D eigenvalue weighted by atomic mass is 10.4. The molecule has 0 aliphatic carbocycles. The van der Waals surface area contributed by atoms with Crippen LogP contribution in [0.3, 0.4) is 0 Å². The van der Waals surface area contributed by atoms with E-state index < -0.39 is 0 Å². The standard InChI is InChI=1S/C9H9BrN4/c10-4-9-6-14(7-11-9)5-8-2-1-3-12-13-8/h1-3,6-7H,4-5H2. The van der Waals surface area contributed by atoms with Crippen LogP contribution in [-0.2, 0) is 11.9 Å². The maximum Gasteiger partial charge on any atom is 0.0953 e. The minimum Gasteiger partial charge on any atom is -0.331 e. The number of imidazole rings is 1. The molecule has 2 aromatic heterocycles. The van der Waals surface area contributed by atoms with Crippen LogP contribution in [0.4, 0.5) is 0 Å². The van der Waals surface area contributed by atoms with Crippen molar-refractivity contribution in [1.82, 2.24) is 19.7 Å². The molecule has 0 radical (unpaired) electrons. The van der Waals surface area contributed by atoms with Crippen LogP contribution in [0.2, 0.25) is 0 Å². The maximum atomic E-state index is 4.20. The highest BCUT2D eigenvalue weighted by molar-refractivity contribution is 9.08. The Bertz CT molecular complexity index is 398. The molecular weight excluding hydrogens is 244 g/mol. The van der Waals surface area contributed by atoms with Gasteiger partial charge >= 0.3 is 0 Å². The Hall–Kier alpha value is -1.23. The summed E-state index contributed by atoms with van der Waals surface area (Å²) in [5.74, 6) is 0. The molecule has 2 heterocycles. The quantitative estimate of drug-likeness (QED) is 0.780. The molecule has 72 valence electrons. The van der Waals surface area contributed by atoms with Crippen LogP contribution in [0.25, 0.3) is 0 Å². The van der Waals surface area contributed by atoms with Crippen molar-refractivity contribution in [1.29, 1.82) is 0 Å². The minimum atomic E-state index is 0.716. The average Bonchev–Trinajstić information content (AvgIpc) is 2.67. The monoisotopic (exact) mass is 252 g/mol. The molecule has 0 unspecified atom stereocenters. The van der Waals surface area contributed by atoms with Crippen LogP contribution in [0.1, 0.15) is 11.4 Å². The van der Waals surface area contributed by atoms with Crippen molar-refractivity contribution in [2.75, 3.05) is 0 Å². The smallest absolute Gasteiger partial charge is 0.0953 e. The van der Waals surface area contributed by atoms with Crippen molar-refractivity contribution < 1.29 is 0 Å². The lowest BCUT2D eigenvalue weighted by Gasteiger charge is -1.98. The first-order valence-corrected chi connectivity index (χ1v) is 5.34. The largest absolute Gasteiger partial charge is 0.331 e. The Morgan fingerprint density at radius 1 is 1.36 bits per heavy atom. The van der Waals surface area contributed by atoms with Crippen molar-refractivity contribution in [3.05, 3.63) is 42.2 Å². The first-order valence-electron chi connectivity index (χ1n) is 4.21. The van der Waals surface area contributed by atoms with E-state index in [1.807, 2.05) is 22.9 Å². The molecule has 2 rings (SSSR count). The summed E-state index contributed by atoms with van der Waals surface area (Å²) in [6, 6.07) is 3.82. The number of alkyl halides is 1. The molecular formula is C9H9BrN4. The number of halogens is 1. The van der Waals surface area contributed by atoms with E-state index in [0.717, 1.165) is 16.7 Å². The fourth-order valence-electron chi connectivity index (χ4n) is 1.17. The van der Waals surface area contributed by atoms with Gasteiger partial charge < -0.3 is 4.57 Å². The van der Waals surface area contributed by atoms with Gasteiger partial charge in [0.15, 0.2) is 0 Å². The van der Waals surface area contributed by atoms with Crippen molar-refractivity contribution in [3.8, 4) is 0 Å². The van der Waals surface area contributed by atoms with Crippen molar-refractivity contribution in [2.45, 2.75) is 11.9 Å². The van der Waals surface area contributed by atoms with Gasteiger partial charge in [0.25, 0.3) is 0 Å². The van der Waals surface area contributed by atoms with Crippen LogP contribution in [-0.4, -0.2) is 19.7 Å². The molecule has 0 atom stereocenters. The van der Waals surface area contributed by atoms with E-state index >= 15 is 0 Å². The SMILES string of the molecule is BrCc1cn(Cc2cccnn2)cn1. The van der Waals surface area contributed by atoms with Crippen molar-refractivity contribution in [2.24, 2.45) is 0 Å². The van der Waals surface area contributed by atoms with Gasteiger partial charge in [-0.05, 0) is 12.1 Å². The van der Waals surface area contributed by atoms with Gasteiger partial charge in [0.2, 0.25) is 0 Å². The summed E-state index contributed by atoms with van der Waals surface area (Å²) < 4.78 is 1.99. The summed E-state index contributed by atoms with van der Waals surface area (Å²) >= 11 is 3.35. The Labute approximate surface area is 90.1 Å². The van der Waals surface area contributed by atoms with Crippen LogP contribution < -0.4 is 0 Å². The van der Waals surface area contributed by atoms with E-state index in [2.05, 4.69) is 31.1 Å². The number of hydrogen-bond acceptors (Lipinski definition) is 3. The predicted molar refractivity (Wildman–Crippen MR) is 56.0 cm³/mol. The molecule has 0 aliphatic heterocycles. The van der Waals surface area contributed by atoms with Gasteiger partial charge in [-0.2, -0.15) is 10.2 Å². The summed E-state index contributed by atoms with van der Waals surface area (Å²) in [6.07, 6.45) is 5.45. The molecule has 0 spiro atoms. The number of aromatic nitrogens is 4. The molecule has 0 fully saturated rings. The summed E-state index contributed by atoms with van der Waals surface area (Å²) in [5, 5.41) is 8.59. The molecule has 0 saturated heterocycles. The summed E-state index contributed by atoms with van der Waals surface area (Å²) in [6.45, 7) is 0.716. The highest BCUT2D eigenvalue weighted by Gasteiger charge is 1.98. The van der Waals surface area contributed by atoms with E-state index in [9.17, 15) is 0 Å². The van der Waals surface area contributed by atoms with Gasteiger partial charge in [0, 0.05) is 17.7 Å². The minimum absolute atomic E-state index is 0.716. The predicted octanol–water partition coefficient (Wildman–Crippen LogP) is 1.62. The molecule has 14 heavy (non-hydrogen) atoms. The number of hydrogen-bond donors (Lipinski definition) is 0. The van der Waals surface area contributed by atoms with E-state index in [-0.39, 0.29) is 0 Å². The van der Waals surface area contributed by atoms with Crippen LogP contribution in [0.5, 0.6) is 0 Å². The third-order valence-electron chi connectivity index (χ3n) is 1.80. The zero-order valence-corrected chi connectivity index (χ0v) is 9.05. The molecule has 0 amide bonds. The fraction of sp³-hybridized carbons (Fsp3) is 0.222. The van der Waals surface area contributed by atoms with Crippen LogP contribution >= 0.6 is 15.9 Å². The third-order valence-corrected chi connectivity index (χ3v) is 2.37. The molecule has 4 nitrogen and oxygen atoms in total. The Morgan fingerprint density at radius 3 is 2.93 bits per heavy atom. The number of nitrogens with zero attached hydrogens (tertiary/aromatic N) is 4. The van der Waals surface area contributed by atoms with Crippen molar-refractivity contribution >= 4 is 15.9 Å². The molecule has 0 bridgehead atoms. The second-order valence-corrected chi connectivity index (χ2v) is 3.45. The second-order valence-electron chi connectivity index (χ2n) is 2.89. The Morgan fingerprint density at radius 2 is 2.29 bits per heavy atom. The van der Waals surface area contributed by atoms with Crippen molar-refractivity contribution in [3.63, 3.8) is 0 Å². The topological polar surface area (TPSA) is 43.6 Å². The molecule has 0 saturated carbocycles. The van der Waals surface area contributed by atoms with Gasteiger partial charge in [-0.15, -0.1) is 0 Å². The van der Waals surface area contributed by atoms with E-state index in [4.69, 9.17) is 0 Å². The third kappa shape index (κ3) is 2.17. The van der Waals surface area contributed by atoms with Gasteiger partial charge in [-0.1, -0.05) is 15.9 Å². The van der Waals surface area contributed by atoms with Gasteiger partial charge in [-0.3, -0.25) is 0 Å². The molecule has 5 heteroatoms. The van der Waals surface area contributed by atoms with E-state index in [1.165, 1.54) is 0 Å². The lowest BCUT2D eigenvalue weighted by Crippen LogP contribution is -1.99. The normalized spacial score (nSPS) is 10.4. The van der Waals surface area contributed by atoms with Gasteiger partial charge in [-0.25, -0.2) is 4.98 Å². The lowest BCUT2D eigenvalue weighted by molar-refractivity contribution is 0.752. The van der Waals surface area contributed by atoms with Gasteiger partial charge in [0.05, 0.1) is 24.3 Å². The average molecular weight is 253 g/mol. The Balaban J connectivity index is 2.11. The zero-order valence-electron chi connectivity index (χ0n) is 7.47. The number of rotatable bonds is 3.